The van der Waals surface area contributed by atoms with Gasteiger partial charge in [-0.05, 0) is 45.1 Å². The van der Waals surface area contributed by atoms with E-state index in [1.54, 1.807) is 0 Å². The Morgan fingerprint density at radius 1 is 1.25 bits per heavy atom. The van der Waals surface area contributed by atoms with Gasteiger partial charge in [-0.25, -0.2) is 0 Å². The van der Waals surface area contributed by atoms with Crippen molar-refractivity contribution < 1.29 is 4.79 Å². The van der Waals surface area contributed by atoms with Crippen LogP contribution in [0.2, 0.25) is 0 Å². The Balaban J connectivity index is 1.88. The molecule has 1 aromatic rings. The summed E-state index contributed by atoms with van der Waals surface area (Å²) in [5, 5.41) is 3.09. The summed E-state index contributed by atoms with van der Waals surface area (Å²) in [7, 11) is 2.12. The number of nitrogens with zero attached hydrogens (tertiary/aromatic N) is 1. The number of carbonyl (C=O) groups excluding carboxylic acids is 1. The summed E-state index contributed by atoms with van der Waals surface area (Å²) >= 11 is 0. The maximum atomic E-state index is 11.9. The second kappa shape index (κ2) is 5.12. The predicted octanol–water partition coefficient (Wildman–Crippen LogP) is 1.51. The van der Waals surface area contributed by atoms with Gasteiger partial charge in [-0.15, -0.1) is 0 Å². The highest BCUT2D eigenvalue weighted by Crippen LogP contribution is 2.09. The lowest BCUT2D eigenvalue weighted by atomic mass is 10.0. The van der Waals surface area contributed by atoms with Crippen LogP contribution in [-0.4, -0.2) is 37.0 Å². The molecule has 0 radical (unpaired) electrons. The van der Waals surface area contributed by atoms with Crippen LogP contribution < -0.4 is 5.32 Å². The number of piperidine rings is 1. The fourth-order valence-corrected chi connectivity index (χ4v) is 2.01. The maximum absolute atomic E-state index is 11.9. The Hall–Kier alpha value is -1.35. The fourth-order valence-electron chi connectivity index (χ4n) is 2.01. The molecule has 86 valence electrons. The molecule has 0 unspecified atom stereocenters. The highest BCUT2D eigenvalue weighted by molar-refractivity contribution is 5.94. The molecule has 0 aromatic heterocycles. The molecule has 0 saturated carbocycles. The summed E-state index contributed by atoms with van der Waals surface area (Å²) in [6.07, 6.45) is 2.10. The number of carbonyl (C=O) groups is 1. The van der Waals surface area contributed by atoms with Crippen molar-refractivity contribution in [1.29, 1.82) is 0 Å². The van der Waals surface area contributed by atoms with Crippen LogP contribution in [0.1, 0.15) is 23.2 Å². The third-order valence-electron chi connectivity index (χ3n) is 3.09. The molecule has 1 aliphatic rings. The first kappa shape index (κ1) is 11.1. The molecule has 0 aliphatic carbocycles. The molecule has 0 spiro atoms. The monoisotopic (exact) mass is 218 g/mol. The molecule has 1 heterocycles. The number of nitrogens with one attached hydrogen (secondary N) is 1. The fraction of sp³-hybridized carbons (Fsp3) is 0.462. The largest absolute Gasteiger partial charge is 0.349 e. The number of amides is 1. The van der Waals surface area contributed by atoms with E-state index in [1.165, 1.54) is 0 Å². The zero-order chi connectivity index (χ0) is 11.4. The number of benzene rings is 1. The van der Waals surface area contributed by atoms with E-state index in [1.807, 2.05) is 30.3 Å². The van der Waals surface area contributed by atoms with Crippen molar-refractivity contribution in [2.45, 2.75) is 18.9 Å². The SMILES string of the molecule is CN1CCC(NC(=O)c2ccccc2)CC1. The van der Waals surface area contributed by atoms with Gasteiger partial charge in [0, 0.05) is 11.6 Å². The summed E-state index contributed by atoms with van der Waals surface area (Å²) in [6, 6.07) is 9.75. The molecule has 0 bridgehead atoms. The van der Waals surface area contributed by atoms with Gasteiger partial charge in [-0.2, -0.15) is 0 Å². The van der Waals surface area contributed by atoms with Crippen molar-refractivity contribution in [3.05, 3.63) is 35.9 Å². The van der Waals surface area contributed by atoms with Crippen molar-refractivity contribution in [3.8, 4) is 0 Å². The minimum Gasteiger partial charge on any atom is -0.349 e. The van der Waals surface area contributed by atoms with Crippen LogP contribution in [0, 0.1) is 0 Å². The molecule has 0 atom stereocenters. The van der Waals surface area contributed by atoms with E-state index in [0.717, 1.165) is 31.5 Å². The van der Waals surface area contributed by atoms with Gasteiger partial charge in [-0.3, -0.25) is 4.79 Å². The van der Waals surface area contributed by atoms with E-state index in [0.29, 0.717) is 6.04 Å². The van der Waals surface area contributed by atoms with E-state index in [2.05, 4.69) is 17.3 Å². The lowest BCUT2D eigenvalue weighted by Crippen LogP contribution is -2.43. The third-order valence-corrected chi connectivity index (χ3v) is 3.09. The number of likely N-dealkylation sites (tertiary alicyclic amines) is 1. The van der Waals surface area contributed by atoms with Crippen LogP contribution in [-0.2, 0) is 0 Å². The normalized spacial score (nSPS) is 18.3. The average molecular weight is 218 g/mol. The molecule has 1 amide bonds. The summed E-state index contributed by atoms with van der Waals surface area (Å²) in [5.74, 6) is 0.0511. The van der Waals surface area contributed by atoms with E-state index in [9.17, 15) is 4.79 Å². The zero-order valence-corrected chi connectivity index (χ0v) is 9.65. The molecule has 1 fully saturated rings. The number of rotatable bonds is 2. The Morgan fingerprint density at radius 2 is 1.88 bits per heavy atom. The Morgan fingerprint density at radius 3 is 2.50 bits per heavy atom. The first-order valence-electron chi connectivity index (χ1n) is 5.80. The minimum absolute atomic E-state index is 0.0511. The smallest absolute Gasteiger partial charge is 0.251 e. The van der Waals surface area contributed by atoms with Gasteiger partial charge in [0.1, 0.15) is 0 Å². The zero-order valence-electron chi connectivity index (χ0n) is 9.65. The Labute approximate surface area is 96.5 Å². The highest BCUT2D eigenvalue weighted by Gasteiger charge is 2.18. The van der Waals surface area contributed by atoms with Gasteiger partial charge in [0.15, 0.2) is 0 Å². The predicted molar refractivity (Wildman–Crippen MR) is 64.4 cm³/mol. The minimum atomic E-state index is 0.0511. The van der Waals surface area contributed by atoms with E-state index in [-0.39, 0.29) is 5.91 Å². The summed E-state index contributed by atoms with van der Waals surface area (Å²) < 4.78 is 0. The molecular weight excluding hydrogens is 200 g/mol. The molecule has 1 aromatic carbocycles. The quantitative estimate of drug-likeness (QED) is 0.816. The number of hydrogen-bond donors (Lipinski definition) is 1. The number of hydrogen-bond acceptors (Lipinski definition) is 2. The Bertz CT molecular complexity index is 342. The standard InChI is InChI=1S/C13H18N2O/c1-15-9-7-12(8-10-15)14-13(16)11-5-3-2-4-6-11/h2-6,12H,7-10H2,1H3,(H,14,16). The molecule has 1 N–H and O–H groups in total. The van der Waals surface area contributed by atoms with Crippen LogP contribution in [0.3, 0.4) is 0 Å². The first-order valence-corrected chi connectivity index (χ1v) is 5.80. The van der Waals surface area contributed by atoms with Crippen LogP contribution in [0.15, 0.2) is 30.3 Å². The second-order valence-corrected chi connectivity index (χ2v) is 4.42. The topological polar surface area (TPSA) is 32.3 Å². The molecule has 3 nitrogen and oxygen atoms in total. The van der Waals surface area contributed by atoms with Gasteiger partial charge in [0.05, 0.1) is 0 Å². The summed E-state index contributed by atoms with van der Waals surface area (Å²) in [4.78, 5) is 14.2. The molecule has 1 saturated heterocycles. The van der Waals surface area contributed by atoms with Gasteiger partial charge in [0.25, 0.3) is 5.91 Å². The lowest BCUT2D eigenvalue weighted by Gasteiger charge is -2.29. The maximum Gasteiger partial charge on any atom is 0.251 e. The summed E-state index contributed by atoms with van der Waals surface area (Å²) in [6.45, 7) is 2.14. The molecule has 16 heavy (non-hydrogen) atoms. The van der Waals surface area contributed by atoms with E-state index < -0.39 is 0 Å². The van der Waals surface area contributed by atoms with Crippen LogP contribution in [0.4, 0.5) is 0 Å². The van der Waals surface area contributed by atoms with Crippen LogP contribution in [0.5, 0.6) is 0 Å². The molecule has 1 aliphatic heterocycles. The highest BCUT2D eigenvalue weighted by atomic mass is 16.1. The van der Waals surface area contributed by atoms with E-state index >= 15 is 0 Å². The van der Waals surface area contributed by atoms with Crippen molar-refractivity contribution in [1.82, 2.24) is 10.2 Å². The van der Waals surface area contributed by atoms with Crippen molar-refractivity contribution in [2.24, 2.45) is 0 Å². The third kappa shape index (κ3) is 2.83. The van der Waals surface area contributed by atoms with Crippen molar-refractivity contribution in [3.63, 3.8) is 0 Å². The Kier molecular flexibility index (Phi) is 3.57. The van der Waals surface area contributed by atoms with Gasteiger partial charge in [0.2, 0.25) is 0 Å². The molecule has 2 rings (SSSR count). The van der Waals surface area contributed by atoms with Crippen molar-refractivity contribution in [2.75, 3.05) is 20.1 Å². The van der Waals surface area contributed by atoms with Gasteiger partial charge in [-0.1, -0.05) is 18.2 Å². The lowest BCUT2D eigenvalue weighted by molar-refractivity contribution is 0.0917. The van der Waals surface area contributed by atoms with Crippen LogP contribution >= 0.6 is 0 Å². The molecular formula is C13H18N2O. The van der Waals surface area contributed by atoms with E-state index in [4.69, 9.17) is 0 Å². The molecule has 3 heteroatoms. The summed E-state index contributed by atoms with van der Waals surface area (Å²) in [5.41, 5.74) is 0.751. The second-order valence-electron chi connectivity index (χ2n) is 4.42. The van der Waals surface area contributed by atoms with Crippen LogP contribution in [0.25, 0.3) is 0 Å². The average Bonchev–Trinajstić information content (AvgIpc) is 2.33. The van der Waals surface area contributed by atoms with Gasteiger partial charge >= 0.3 is 0 Å². The first-order chi connectivity index (χ1) is 7.75. The van der Waals surface area contributed by atoms with Gasteiger partial charge < -0.3 is 10.2 Å². The van der Waals surface area contributed by atoms with Crippen molar-refractivity contribution >= 4 is 5.91 Å².